The highest BCUT2D eigenvalue weighted by Gasteiger charge is 2.19. The van der Waals surface area contributed by atoms with E-state index in [-0.39, 0.29) is 6.10 Å². The Balaban J connectivity index is 1.83. The monoisotopic (exact) mass is 296 g/mol. The fourth-order valence-electron chi connectivity index (χ4n) is 2.58. The summed E-state index contributed by atoms with van der Waals surface area (Å²) in [7, 11) is 1.62. The SMILES string of the molecule is COc1cc(C2=CN(Cc3ccccc3)CC(C)O2)ccn1. The molecule has 1 atom stereocenters. The highest BCUT2D eigenvalue weighted by Crippen LogP contribution is 2.25. The molecule has 0 saturated carbocycles. The summed E-state index contributed by atoms with van der Waals surface area (Å²) >= 11 is 0. The molecule has 3 rings (SSSR count). The van der Waals surface area contributed by atoms with Crippen molar-refractivity contribution in [2.24, 2.45) is 0 Å². The van der Waals surface area contributed by atoms with E-state index in [0.29, 0.717) is 5.88 Å². The minimum Gasteiger partial charge on any atom is -0.487 e. The molecule has 1 aliphatic heterocycles. The van der Waals surface area contributed by atoms with Crippen molar-refractivity contribution in [1.29, 1.82) is 0 Å². The zero-order chi connectivity index (χ0) is 15.4. The van der Waals surface area contributed by atoms with Crippen LogP contribution in [0, 0.1) is 0 Å². The van der Waals surface area contributed by atoms with Gasteiger partial charge >= 0.3 is 0 Å². The lowest BCUT2D eigenvalue weighted by atomic mass is 10.1. The van der Waals surface area contributed by atoms with E-state index in [2.05, 4.69) is 47.3 Å². The Hall–Kier alpha value is -2.49. The minimum absolute atomic E-state index is 0.142. The highest BCUT2D eigenvalue weighted by molar-refractivity contribution is 5.60. The molecule has 0 aliphatic carbocycles. The summed E-state index contributed by atoms with van der Waals surface area (Å²) in [5.41, 5.74) is 2.27. The van der Waals surface area contributed by atoms with Gasteiger partial charge in [0.1, 0.15) is 11.9 Å². The Morgan fingerprint density at radius 1 is 1.27 bits per heavy atom. The first-order valence-corrected chi connectivity index (χ1v) is 7.41. The molecular weight excluding hydrogens is 276 g/mol. The van der Waals surface area contributed by atoms with Crippen LogP contribution in [-0.4, -0.2) is 29.6 Å². The second-order valence-electron chi connectivity index (χ2n) is 5.42. The van der Waals surface area contributed by atoms with Crippen LogP contribution in [0.2, 0.25) is 0 Å². The Morgan fingerprint density at radius 3 is 2.86 bits per heavy atom. The van der Waals surface area contributed by atoms with Gasteiger partial charge in [0.2, 0.25) is 5.88 Å². The van der Waals surface area contributed by atoms with Gasteiger partial charge in [-0.3, -0.25) is 0 Å². The van der Waals surface area contributed by atoms with E-state index in [1.807, 2.05) is 18.2 Å². The van der Waals surface area contributed by atoms with Crippen molar-refractivity contribution in [3.8, 4) is 5.88 Å². The van der Waals surface area contributed by atoms with Gasteiger partial charge in [-0.1, -0.05) is 30.3 Å². The van der Waals surface area contributed by atoms with Crippen LogP contribution in [0.5, 0.6) is 5.88 Å². The molecule has 114 valence electrons. The first kappa shape index (κ1) is 14.4. The number of ether oxygens (including phenoxy) is 2. The maximum Gasteiger partial charge on any atom is 0.213 e. The average Bonchev–Trinajstić information content (AvgIpc) is 2.55. The topological polar surface area (TPSA) is 34.6 Å². The van der Waals surface area contributed by atoms with E-state index in [0.717, 1.165) is 24.4 Å². The number of methoxy groups -OCH3 is 1. The molecule has 0 N–H and O–H groups in total. The van der Waals surface area contributed by atoms with Crippen LogP contribution < -0.4 is 4.74 Å². The van der Waals surface area contributed by atoms with Gasteiger partial charge in [-0.15, -0.1) is 0 Å². The molecule has 0 fully saturated rings. The lowest BCUT2D eigenvalue weighted by Gasteiger charge is -2.31. The lowest BCUT2D eigenvalue weighted by Crippen LogP contribution is -2.32. The summed E-state index contributed by atoms with van der Waals surface area (Å²) in [6, 6.07) is 14.3. The molecule has 0 saturated heterocycles. The molecule has 0 bridgehead atoms. The quantitative estimate of drug-likeness (QED) is 0.867. The Morgan fingerprint density at radius 2 is 2.09 bits per heavy atom. The fraction of sp³-hybridized carbons (Fsp3) is 0.278. The zero-order valence-electron chi connectivity index (χ0n) is 12.9. The predicted molar refractivity (Wildman–Crippen MR) is 86.2 cm³/mol. The smallest absolute Gasteiger partial charge is 0.213 e. The zero-order valence-corrected chi connectivity index (χ0v) is 12.9. The largest absolute Gasteiger partial charge is 0.487 e. The Kier molecular flexibility index (Phi) is 4.28. The van der Waals surface area contributed by atoms with Gasteiger partial charge < -0.3 is 14.4 Å². The number of benzene rings is 1. The van der Waals surface area contributed by atoms with Gasteiger partial charge in [0.15, 0.2) is 0 Å². The van der Waals surface area contributed by atoms with E-state index in [9.17, 15) is 0 Å². The predicted octanol–water partition coefficient (Wildman–Crippen LogP) is 3.31. The van der Waals surface area contributed by atoms with Crippen LogP contribution in [0.15, 0.2) is 54.9 Å². The van der Waals surface area contributed by atoms with Crippen molar-refractivity contribution < 1.29 is 9.47 Å². The number of hydrogen-bond donors (Lipinski definition) is 0. The summed E-state index contributed by atoms with van der Waals surface area (Å²) in [4.78, 5) is 6.42. The lowest BCUT2D eigenvalue weighted by molar-refractivity contribution is 0.116. The van der Waals surface area contributed by atoms with E-state index in [4.69, 9.17) is 9.47 Å². The van der Waals surface area contributed by atoms with Crippen LogP contribution >= 0.6 is 0 Å². The van der Waals surface area contributed by atoms with Crippen LogP contribution in [0.25, 0.3) is 5.76 Å². The van der Waals surface area contributed by atoms with Gasteiger partial charge in [-0.05, 0) is 18.6 Å². The summed E-state index contributed by atoms with van der Waals surface area (Å²) < 4.78 is 11.2. The van der Waals surface area contributed by atoms with Crippen LogP contribution in [0.3, 0.4) is 0 Å². The molecule has 1 aromatic heterocycles. The van der Waals surface area contributed by atoms with Gasteiger partial charge in [0.05, 0.1) is 13.7 Å². The normalized spacial score (nSPS) is 17.6. The molecule has 0 amide bonds. The Bertz CT molecular complexity index is 655. The maximum atomic E-state index is 5.98. The number of hydrogen-bond acceptors (Lipinski definition) is 4. The summed E-state index contributed by atoms with van der Waals surface area (Å²) in [6.45, 7) is 3.84. The third kappa shape index (κ3) is 3.39. The van der Waals surface area contributed by atoms with Gasteiger partial charge in [0, 0.05) is 30.6 Å². The average molecular weight is 296 g/mol. The number of pyridine rings is 1. The molecule has 4 nitrogen and oxygen atoms in total. The minimum atomic E-state index is 0.142. The molecule has 0 radical (unpaired) electrons. The molecule has 4 heteroatoms. The summed E-state index contributed by atoms with van der Waals surface area (Å²) in [5.74, 6) is 1.45. The van der Waals surface area contributed by atoms with Crippen LogP contribution in [0.4, 0.5) is 0 Å². The van der Waals surface area contributed by atoms with Crippen LogP contribution in [-0.2, 0) is 11.3 Å². The van der Waals surface area contributed by atoms with Crippen molar-refractivity contribution in [2.75, 3.05) is 13.7 Å². The number of nitrogens with zero attached hydrogens (tertiary/aromatic N) is 2. The molecule has 1 aliphatic rings. The third-order valence-corrected chi connectivity index (χ3v) is 3.58. The molecule has 2 aromatic rings. The first-order valence-electron chi connectivity index (χ1n) is 7.41. The van der Waals surface area contributed by atoms with Crippen molar-refractivity contribution in [3.63, 3.8) is 0 Å². The summed E-state index contributed by atoms with van der Waals surface area (Å²) in [5, 5.41) is 0. The first-order chi connectivity index (χ1) is 10.7. The molecule has 2 heterocycles. The van der Waals surface area contributed by atoms with E-state index < -0.39 is 0 Å². The molecule has 0 spiro atoms. The molecule has 22 heavy (non-hydrogen) atoms. The van der Waals surface area contributed by atoms with Gasteiger partial charge in [-0.2, -0.15) is 0 Å². The fourth-order valence-corrected chi connectivity index (χ4v) is 2.58. The standard InChI is InChI=1S/C18H20N2O2/c1-14-11-20(12-15-6-4-3-5-7-15)13-17(22-14)16-8-9-19-18(10-16)21-2/h3-10,13-14H,11-12H2,1-2H3. The van der Waals surface area contributed by atoms with Gasteiger partial charge in [-0.25, -0.2) is 4.98 Å². The van der Waals surface area contributed by atoms with E-state index >= 15 is 0 Å². The highest BCUT2D eigenvalue weighted by atomic mass is 16.5. The maximum absolute atomic E-state index is 5.98. The Labute approximate surface area is 131 Å². The summed E-state index contributed by atoms with van der Waals surface area (Å²) in [6.07, 6.45) is 3.95. The van der Waals surface area contributed by atoms with Crippen molar-refractivity contribution >= 4 is 5.76 Å². The second-order valence-corrected chi connectivity index (χ2v) is 5.42. The molecule has 1 aromatic carbocycles. The third-order valence-electron chi connectivity index (χ3n) is 3.58. The second kappa shape index (κ2) is 6.52. The molecular formula is C18H20N2O2. The molecule has 1 unspecified atom stereocenters. The van der Waals surface area contributed by atoms with E-state index in [1.165, 1.54) is 5.56 Å². The van der Waals surface area contributed by atoms with Gasteiger partial charge in [0.25, 0.3) is 0 Å². The van der Waals surface area contributed by atoms with Crippen molar-refractivity contribution in [2.45, 2.75) is 19.6 Å². The van der Waals surface area contributed by atoms with Crippen LogP contribution in [0.1, 0.15) is 18.1 Å². The van der Waals surface area contributed by atoms with Crippen molar-refractivity contribution in [1.82, 2.24) is 9.88 Å². The van der Waals surface area contributed by atoms with E-state index in [1.54, 1.807) is 13.3 Å². The van der Waals surface area contributed by atoms with Crippen molar-refractivity contribution in [3.05, 3.63) is 66.0 Å². The number of aromatic nitrogens is 1. The number of rotatable bonds is 4.